The van der Waals surface area contributed by atoms with Crippen LogP contribution in [0.1, 0.15) is 65.7 Å². The van der Waals surface area contributed by atoms with Crippen LogP contribution >= 0.6 is 0 Å². The van der Waals surface area contributed by atoms with Crippen LogP contribution in [-0.2, 0) is 4.79 Å². The van der Waals surface area contributed by atoms with Gasteiger partial charge in [-0.25, -0.2) is 0 Å². The molecule has 0 aromatic heterocycles. The summed E-state index contributed by atoms with van der Waals surface area (Å²) in [5.41, 5.74) is 0. The highest BCUT2D eigenvalue weighted by molar-refractivity contribution is 5.81. The van der Waals surface area contributed by atoms with Crippen LogP contribution in [-0.4, -0.2) is 48.1 Å². The molecule has 0 aromatic rings. The average molecular weight is 295 g/mol. The number of hydrogen-bond acceptors (Lipinski definition) is 3. The van der Waals surface area contributed by atoms with Crippen LogP contribution in [0.15, 0.2) is 0 Å². The van der Waals surface area contributed by atoms with Gasteiger partial charge in [-0.1, -0.05) is 33.1 Å². The summed E-state index contributed by atoms with van der Waals surface area (Å²) in [4.78, 5) is 14.9. The molecule has 0 aromatic carbocycles. The number of piperidine rings is 1. The molecule has 0 bridgehead atoms. The Labute approximate surface area is 130 Å². The highest BCUT2D eigenvalue weighted by atomic mass is 16.2. The third kappa shape index (κ3) is 4.96. The Morgan fingerprint density at radius 3 is 2.43 bits per heavy atom. The molecular weight excluding hydrogens is 262 g/mol. The quantitative estimate of drug-likeness (QED) is 0.790. The maximum atomic E-state index is 12.5. The average Bonchev–Trinajstić information content (AvgIpc) is 2.97. The summed E-state index contributed by atoms with van der Waals surface area (Å²) in [7, 11) is 0. The molecule has 0 radical (unpaired) electrons. The third-order valence-electron chi connectivity index (χ3n) is 5.01. The van der Waals surface area contributed by atoms with Gasteiger partial charge in [0.2, 0.25) is 5.91 Å². The Kier molecular flexibility index (Phi) is 6.49. The molecular formula is C17H33N3O. The van der Waals surface area contributed by atoms with E-state index in [1.54, 1.807) is 0 Å². The molecule has 2 fully saturated rings. The first-order valence-electron chi connectivity index (χ1n) is 8.87. The molecule has 2 unspecified atom stereocenters. The molecule has 0 spiro atoms. The lowest BCUT2D eigenvalue weighted by molar-refractivity contribution is -0.128. The van der Waals surface area contributed by atoms with E-state index in [2.05, 4.69) is 36.3 Å². The van der Waals surface area contributed by atoms with Gasteiger partial charge in [0, 0.05) is 24.7 Å². The molecule has 2 rings (SSSR count). The zero-order valence-corrected chi connectivity index (χ0v) is 14.0. The Hall–Kier alpha value is -0.610. The SMILES string of the molecule is CC(C)NCC1CCCCN1C(C)C(=O)NC1CCCC1. The van der Waals surface area contributed by atoms with E-state index in [0.717, 1.165) is 25.9 Å². The summed E-state index contributed by atoms with van der Waals surface area (Å²) >= 11 is 0. The van der Waals surface area contributed by atoms with E-state index < -0.39 is 0 Å². The lowest BCUT2D eigenvalue weighted by Gasteiger charge is -2.40. The van der Waals surface area contributed by atoms with Gasteiger partial charge in [-0.15, -0.1) is 0 Å². The van der Waals surface area contributed by atoms with Crippen LogP contribution in [0, 0.1) is 0 Å². The molecule has 2 atom stereocenters. The number of carbonyl (C=O) groups excluding carboxylic acids is 1. The number of carbonyl (C=O) groups is 1. The molecule has 1 amide bonds. The predicted octanol–water partition coefficient (Wildman–Crippen LogP) is 2.29. The molecule has 4 nitrogen and oxygen atoms in total. The third-order valence-corrected chi connectivity index (χ3v) is 5.01. The maximum Gasteiger partial charge on any atom is 0.237 e. The molecule has 1 saturated carbocycles. The van der Waals surface area contributed by atoms with E-state index in [4.69, 9.17) is 0 Å². The van der Waals surface area contributed by atoms with Gasteiger partial charge in [-0.2, -0.15) is 0 Å². The Bertz CT molecular complexity index is 326. The fourth-order valence-corrected chi connectivity index (χ4v) is 3.67. The number of rotatable bonds is 6. The van der Waals surface area contributed by atoms with Crippen molar-refractivity contribution in [2.75, 3.05) is 13.1 Å². The van der Waals surface area contributed by atoms with Gasteiger partial charge in [0.25, 0.3) is 0 Å². The van der Waals surface area contributed by atoms with Gasteiger partial charge >= 0.3 is 0 Å². The van der Waals surface area contributed by atoms with Gasteiger partial charge in [0.05, 0.1) is 6.04 Å². The Morgan fingerprint density at radius 1 is 1.10 bits per heavy atom. The minimum Gasteiger partial charge on any atom is -0.352 e. The number of nitrogens with zero attached hydrogens (tertiary/aromatic N) is 1. The van der Waals surface area contributed by atoms with Crippen molar-refractivity contribution in [1.29, 1.82) is 0 Å². The minimum absolute atomic E-state index is 0.00450. The largest absolute Gasteiger partial charge is 0.352 e. The van der Waals surface area contributed by atoms with Crippen LogP contribution in [0.5, 0.6) is 0 Å². The first-order valence-corrected chi connectivity index (χ1v) is 8.87. The molecule has 2 N–H and O–H groups in total. The first-order chi connectivity index (χ1) is 10.1. The van der Waals surface area contributed by atoms with Gasteiger partial charge < -0.3 is 10.6 Å². The van der Waals surface area contributed by atoms with E-state index in [9.17, 15) is 4.79 Å². The highest BCUT2D eigenvalue weighted by Crippen LogP contribution is 2.21. The summed E-state index contributed by atoms with van der Waals surface area (Å²) in [6.45, 7) is 8.51. The zero-order chi connectivity index (χ0) is 15.2. The van der Waals surface area contributed by atoms with Crippen LogP contribution in [0.3, 0.4) is 0 Å². The van der Waals surface area contributed by atoms with Crippen molar-refractivity contribution in [1.82, 2.24) is 15.5 Å². The van der Waals surface area contributed by atoms with Crippen LogP contribution < -0.4 is 10.6 Å². The van der Waals surface area contributed by atoms with Gasteiger partial charge in [0.1, 0.15) is 0 Å². The molecule has 2 aliphatic rings. The van der Waals surface area contributed by atoms with Crippen molar-refractivity contribution in [3.05, 3.63) is 0 Å². The normalized spacial score (nSPS) is 26.2. The van der Waals surface area contributed by atoms with E-state index >= 15 is 0 Å². The molecule has 122 valence electrons. The van der Waals surface area contributed by atoms with Gasteiger partial charge in [0.15, 0.2) is 0 Å². The molecule has 21 heavy (non-hydrogen) atoms. The Morgan fingerprint density at radius 2 is 1.76 bits per heavy atom. The summed E-state index contributed by atoms with van der Waals surface area (Å²) in [6, 6.07) is 1.45. The molecule has 4 heteroatoms. The lowest BCUT2D eigenvalue weighted by atomic mass is 9.99. The van der Waals surface area contributed by atoms with Crippen LogP contribution in [0.2, 0.25) is 0 Å². The second kappa shape index (κ2) is 8.14. The first kappa shape index (κ1) is 16.8. The Balaban J connectivity index is 1.87. The van der Waals surface area contributed by atoms with Crippen molar-refractivity contribution in [3.63, 3.8) is 0 Å². The van der Waals surface area contributed by atoms with Crippen molar-refractivity contribution in [3.8, 4) is 0 Å². The van der Waals surface area contributed by atoms with Crippen molar-refractivity contribution in [2.24, 2.45) is 0 Å². The molecule has 1 aliphatic heterocycles. The molecule has 1 saturated heterocycles. The summed E-state index contributed by atoms with van der Waals surface area (Å²) < 4.78 is 0. The summed E-state index contributed by atoms with van der Waals surface area (Å²) in [6.07, 6.45) is 8.58. The minimum atomic E-state index is 0.00450. The molecule has 1 heterocycles. The lowest BCUT2D eigenvalue weighted by Crippen LogP contribution is -2.55. The monoisotopic (exact) mass is 295 g/mol. The van der Waals surface area contributed by atoms with Crippen LogP contribution in [0.4, 0.5) is 0 Å². The fourth-order valence-electron chi connectivity index (χ4n) is 3.67. The van der Waals surface area contributed by atoms with E-state index in [0.29, 0.717) is 18.1 Å². The van der Waals surface area contributed by atoms with E-state index in [-0.39, 0.29) is 11.9 Å². The summed E-state index contributed by atoms with van der Waals surface area (Å²) in [5.74, 6) is 0.235. The smallest absolute Gasteiger partial charge is 0.237 e. The van der Waals surface area contributed by atoms with Gasteiger partial charge in [-0.05, 0) is 39.2 Å². The number of nitrogens with one attached hydrogen (secondary N) is 2. The van der Waals surface area contributed by atoms with Crippen molar-refractivity contribution >= 4 is 5.91 Å². The fraction of sp³-hybridized carbons (Fsp3) is 0.941. The second-order valence-electron chi connectivity index (χ2n) is 7.12. The van der Waals surface area contributed by atoms with Crippen molar-refractivity contribution in [2.45, 2.75) is 89.9 Å². The topological polar surface area (TPSA) is 44.4 Å². The second-order valence-corrected chi connectivity index (χ2v) is 7.12. The predicted molar refractivity (Wildman–Crippen MR) is 87.3 cm³/mol. The number of hydrogen-bond donors (Lipinski definition) is 2. The maximum absolute atomic E-state index is 12.5. The van der Waals surface area contributed by atoms with E-state index in [1.165, 1.54) is 32.1 Å². The standard InChI is InChI=1S/C17H33N3O/c1-13(2)18-12-16-10-6-7-11-20(16)14(3)17(21)19-15-8-4-5-9-15/h13-16,18H,4-12H2,1-3H3,(H,19,21). The number of likely N-dealkylation sites (tertiary alicyclic amines) is 1. The number of amides is 1. The zero-order valence-electron chi connectivity index (χ0n) is 14.0. The highest BCUT2D eigenvalue weighted by Gasteiger charge is 2.31. The van der Waals surface area contributed by atoms with E-state index in [1.807, 2.05) is 0 Å². The summed E-state index contributed by atoms with van der Waals surface area (Å²) in [5, 5.41) is 6.80. The molecule has 1 aliphatic carbocycles. The van der Waals surface area contributed by atoms with Gasteiger partial charge in [-0.3, -0.25) is 9.69 Å². The van der Waals surface area contributed by atoms with Crippen LogP contribution in [0.25, 0.3) is 0 Å². The van der Waals surface area contributed by atoms with Crippen molar-refractivity contribution < 1.29 is 4.79 Å².